The molecule has 0 saturated heterocycles. The molecule has 7 heteroatoms. The van der Waals surface area contributed by atoms with Crippen molar-refractivity contribution in [3.63, 3.8) is 0 Å². The number of benzene rings is 2. The summed E-state index contributed by atoms with van der Waals surface area (Å²) in [6, 6.07) is 13.3. The first-order valence-electron chi connectivity index (χ1n) is 9.60. The molecule has 1 N–H and O–H groups in total. The van der Waals surface area contributed by atoms with Crippen LogP contribution in [0.4, 0.5) is 5.69 Å². The summed E-state index contributed by atoms with van der Waals surface area (Å²) in [5, 5.41) is 2.74. The molecule has 158 valence electrons. The van der Waals surface area contributed by atoms with Gasteiger partial charge in [0.05, 0.1) is 6.42 Å². The van der Waals surface area contributed by atoms with Gasteiger partial charge in [0.25, 0.3) is 0 Å². The Morgan fingerprint density at radius 2 is 1.43 bits per heavy atom. The van der Waals surface area contributed by atoms with E-state index in [0.29, 0.717) is 16.8 Å². The zero-order valence-corrected chi connectivity index (χ0v) is 18.7. The predicted octanol–water partition coefficient (Wildman–Crippen LogP) is 4.82. The molecule has 1 unspecified atom stereocenters. The summed E-state index contributed by atoms with van der Waals surface area (Å²) >= 11 is 3.30. The Labute approximate surface area is 184 Å². The van der Waals surface area contributed by atoms with E-state index in [4.69, 9.17) is 4.74 Å². The lowest BCUT2D eigenvalue weighted by Gasteiger charge is -2.13. The molecule has 2 aromatic rings. The second kappa shape index (κ2) is 10.8. The lowest BCUT2D eigenvalue weighted by atomic mass is 10.1. The van der Waals surface area contributed by atoms with Gasteiger partial charge in [-0.15, -0.1) is 0 Å². The van der Waals surface area contributed by atoms with Crippen LogP contribution < -0.4 is 5.32 Å². The molecule has 0 saturated carbocycles. The van der Waals surface area contributed by atoms with Gasteiger partial charge < -0.3 is 10.1 Å². The smallest absolute Gasteiger partial charge is 0.306 e. The molecular formula is C23H24BrNO5. The molecular weight excluding hydrogens is 450 g/mol. The molecule has 0 spiro atoms. The SMILES string of the molecule is CC(C)C(=O)Nc1ccc(C(=O)C(C)OC(=O)CCC(=O)c2ccc(Br)cc2)cc1. The van der Waals surface area contributed by atoms with Gasteiger partial charge in [0.1, 0.15) is 0 Å². The molecule has 0 aliphatic rings. The average Bonchev–Trinajstić information content (AvgIpc) is 2.72. The number of esters is 1. The van der Waals surface area contributed by atoms with E-state index in [-0.39, 0.29) is 36.2 Å². The molecule has 1 amide bonds. The summed E-state index contributed by atoms with van der Waals surface area (Å²) in [5.74, 6) is -1.40. The number of anilines is 1. The molecule has 30 heavy (non-hydrogen) atoms. The number of hydrogen-bond acceptors (Lipinski definition) is 5. The number of hydrogen-bond donors (Lipinski definition) is 1. The minimum absolute atomic E-state index is 0.00558. The van der Waals surface area contributed by atoms with Crippen LogP contribution in [0.15, 0.2) is 53.0 Å². The fourth-order valence-electron chi connectivity index (χ4n) is 2.54. The predicted molar refractivity (Wildman–Crippen MR) is 118 cm³/mol. The minimum Gasteiger partial charge on any atom is -0.454 e. The summed E-state index contributed by atoms with van der Waals surface area (Å²) in [6.07, 6.45) is -1.07. The van der Waals surface area contributed by atoms with Crippen LogP contribution in [0.2, 0.25) is 0 Å². The number of ketones is 2. The number of halogens is 1. The van der Waals surface area contributed by atoms with E-state index < -0.39 is 12.1 Å². The highest BCUT2D eigenvalue weighted by molar-refractivity contribution is 9.10. The van der Waals surface area contributed by atoms with E-state index in [9.17, 15) is 19.2 Å². The number of carbonyl (C=O) groups is 4. The maximum atomic E-state index is 12.5. The summed E-state index contributed by atoms with van der Waals surface area (Å²) in [4.78, 5) is 48.4. The van der Waals surface area contributed by atoms with Gasteiger partial charge in [0, 0.05) is 33.6 Å². The van der Waals surface area contributed by atoms with Crippen LogP contribution >= 0.6 is 15.9 Å². The number of carbonyl (C=O) groups excluding carboxylic acids is 4. The maximum Gasteiger partial charge on any atom is 0.306 e. The molecule has 2 rings (SSSR count). The third-order valence-corrected chi connectivity index (χ3v) is 4.89. The van der Waals surface area contributed by atoms with Crippen molar-refractivity contribution in [2.24, 2.45) is 5.92 Å². The molecule has 0 aliphatic carbocycles. The number of nitrogens with one attached hydrogen (secondary N) is 1. The van der Waals surface area contributed by atoms with Crippen molar-refractivity contribution in [2.75, 3.05) is 5.32 Å². The Morgan fingerprint density at radius 1 is 0.867 bits per heavy atom. The Balaban J connectivity index is 1.85. The highest BCUT2D eigenvalue weighted by Gasteiger charge is 2.20. The maximum absolute atomic E-state index is 12.5. The summed E-state index contributed by atoms with van der Waals surface area (Å²) in [7, 11) is 0. The topological polar surface area (TPSA) is 89.5 Å². The van der Waals surface area contributed by atoms with Crippen molar-refractivity contribution >= 4 is 45.1 Å². The third kappa shape index (κ3) is 6.91. The van der Waals surface area contributed by atoms with Crippen LogP contribution in [0.25, 0.3) is 0 Å². The van der Waals surface area contributed by atoms with E-state index in [1.54, 1.807) is 62.4 Å². The molecule has 0 aromatic heterocycles. The zero-order chi connectivity index (χ0) is 22.3. The van der Waals surface area contributed by atoms with E-state index in [1.807, 2.05) is 0 Å². The lowest BCUT2D eigenvalue weighted by Crippen LogP contribution is -2.24. The summed E-state index contributed by atoms with van der Waals surface area (Å²) < 4.78 is 6.04. The molecule has 1 atom stereocenters. The fraction of sp³-hybridized carbons (Fsp3) is 0.304. The van der Waals surface area contributed by atoms with Gasteiger partial charge in [-0.3, -0.25) is 19.2 Å². The molecule has 0 bridgehead atoms. The van der Waals surface area contributed by atoms with Crippen molar-refractivity contribution in [2.45, 2.75) is 39.7 Å². The Kier molecular flexibility index (Phi) is 8.47. The summed E-state index contributed by atoms with van der Waals surface area (Å²) in [5.41, 5.74) is 1.46. The monoisotopic (exact) mass is 473 g/mol. The number of Topliss-reactive ketones (excluding diaryl/α,β-unsaturated/α-hetero) is 2. The first-order chi connectivity index (χ1) is 14.2. The first kappa shape index (κ1) is 23.5. The zero-order valence-electron chi connectivity index (χ0n) is 17.1. The largest absolute Gasteiger partial charge is 0.454 e. The molecule has 6 nitrogen and oxygen atoms in total. The van der Waals surface area contributed by atoms with Crippen LogP contribution in [0.3, 0.4) is 0 Å². The second-order valence-corrected chi connectivity index (χ2v) is 8.06. The van der Waals surface area contributed by atoms with Gasteiger partial charge in [-0.05, 0) is 43.3 Å². The quantitative estimate of drug-likeness (QED) is 0.416. The molecule has 2 aromatic carbocycles. The van der Waals surface area contributed by atoms with Crippen molar-refractivity contribution in [1.82, 2.24) is 0 Å². The lowest BCUT2D eigenvalue weighted by molar-refractivity contribution is -0.146. The highest BCUT2D eigenvalue weighted by atomic mass is 79.9. The Morgan fingerprint density at radius 3 is 2.00 bits per heavy atom. The molecule has 0 heterocycles. The Bertz CT molecular complexity index is 920. The van der Waals surface area contributed by atoms with Crippen LogP contribution in [0, 0.1) is 5.92 Å². The Hall–Kier alpha value is -2.80. The van der Waals surface area contributed by atoms with Crippen LogP contribution in [-0.2, 0) is 14.3 Å². The van der Waals surface area contributed by atoms with E-state index in [0.717, 1.165) is 4.47 Å². The van der Waals surface area contributed by atoms with Gasteiger partial charge in [0.15, 0.2) is 11.9 Å². The van der Waals surface area contributed by atoms with Crippen LogP contribution in [-0.4, -0.2) is 29.5 Å². The van der Waals surface area contributed by atoms with Gasteiger partial charge in [0.2, 0.25) is 11.7 Å². The van der Waals surface area contributed by atoms with Crippen molar-refractivity contribution in [3.8, 4) is 0 Å². The normalized spacial score (nSPS) is 11.6. The number of amides is 1. The second-order valence-electron chi connectivity index (χ2n) is 7.15. The fourth-order valence-corrected chi connectivity index (χ4v) is 2.81. The van der Waals surface area contributed by atoms with Crippen LogP contribution in [0.1, 0.15) is 54.3 Å². The van der Waals surface area contributed by atoms with Gasteiger partial charge in [-0.1, -0.05) is 41.9 Å². The van der Waals surface area contributed by atoms with Crippen molar-refractivity contribution in [1.29, 1.82) is 0 Å². The summed E-state index contributed by atoms with van der Waals surface area (Å²) in [6.45, 7) is 5.07. The standard InChI is InChI=1S/C23H24BrNO5/c1-14(2)23(29)25-19-10-6-17(7-11-19)22(28)15(3)30-21(27)13-12-20(26)16-4-8-18(24)9-5-16/h4-11,14-15H,12-13H2,1-3H3,(H,25,29). The molecule has 0 aliphatic heterocycles. The van der Waals surface area contributed by atoms with Crippen molar-refractivity contribution in [3.05, 3.63) is 64.1 Å². The minimum atomic E-state index is -0.976. The molecule has 0 fully saturated rings. The number of rotatable bonds is 9. The van der Waals surface area contributed by atoms with Gasteiger partial charge in [-0.2, -0.15) is 0 Å². The average molecular weight is 474 g/mol. The van der Waals surface area contributed by atoms with E-state index in [1.165, 1.54) is 6.92 Å². The van der Waals surface area contributed by atoms with Gasteiger partial charge >= 0.3 is 5.97 Å². The highest BCUT2D eigenvalue weighted by Crippen LogP contribution is 2.15. The van der Waals surface area contributed by atoms with Gasteiger partial charge in [-0.25, -0.2) is 0 Å². The number of ether oxygens (including phenoxy) is 1. The van der Waals surface area contributed by atoms with Crippen LogP contribution in [0.5, 0.6) is 0 Å². The van der Waals surface area contributed by atoms with Crippen molar-refractivity contribution < 1.29 is 23.9 Å². The van der Waals surface area contributed by atoms with E-state index >= 15 is 0 Å². The van der Waals surface area contributed by atoms with E-state index in [2.05, 4.69) is 21.2 Å². The molecule has 0 radical (unpaired) electrons. The third-order valence-electron chi connectivity index (χ3n) is 4.36. The first-order valence-corrected chi connectivity index (χ1v) is 10.4.